The van der Waals surface area contributed by atoms with Gasteiger partial charge in [-0.1, -0.05) is 0 Å². The van der Waals surface area contributed by atoms with Crippen molar-refractivity contribution in [1.29, 1.82) is 0 Å². The molecule has 0 aliphatic carbocycles. The molecule has 0 aromatic heterocycles. The number of nitrogens with two attached hydrogens (primary N) is 2. The zero-order valence-corrected chi connectivity index (χ0v) is 15.2. The Morgan fingerprint density at radius 3 is 2.31 bits per heavy atom. The molecule has 0 aliphatic heterocycles. The quantitative estimate of drug-likeness (QED) is 0.499. The SMILES string of the molecule is CC(C)(C)OC(=O)NCCOc1ccc(NC(=O)C[C@H](N)C(N)=O)cc1. The number of benzene rings is 1. The highest BCUT2D eigenvalue weighted by molar-refractivity contribution is 5.94. The summed E-state index contributed by atoms with van der Waals surface area (Å²) >= 11 is 0. The molecule has 1 aromatic rings. The molecule has 1 aromatic carbocycles. The molecule has 0 fully saturated rings. The maximum Gasteiger partial charge on any atom is 0.407 e. The molecule has 3 amide bonds. The van der Waals surface area contributed by atoms with Gasteiger partial charge in [-0.15, -0.1) is 0 Å². The largest absolute Gasteiger partial charge is 0.492 e. The van der Waals surface area contributed by atoms with Gasteiger partial charge in [0.25, 0.3) is 0 Å². The second kappa shape index (κ2) is 9.62. The summed E-state index contributed by atoms with van der Waals surface area (Å²) in [4.78, 5) is 34.0. The third-order valence-electron chi connectivity index (χ3n) is 2.95. The minimum atomic E-state index is -1.02. The number of carbonyl (C=O) groups excluding carboxylic acids is 3. The van der Waals surface area contributed by atoms with E-state index in [1.54, 1.807) is 45.0 Å². The van der Waals surface area contributed by atoms with E-state index in [1.807, 2.05) is 0 Å². The van der Waals surface area contributed by atoms with Crippen molar-refractivity contribution in [3.63, 3.8) is 0 Å². The zero-order valence-electron chi connectivity index (χ0n) is 15.2. The van der Waals surface area contributed by atoms with Gasteiger partial charge in [0.1, 0.15) is 18.0 Å². The summed E-state index contributed by atoms with van der Waals surface area (Å²) in [6.45, 7) is 5.90. The second-order valence-corrected chi connectivity index (χ2v) is 6.56. The number of primary amides is 1. The maximum atomic E-state index is 11.7. The standard InChI is InChI=1S/C17H26N4O5/c1-17(2,3)26-16(24)20-8-9-25-12-6-4-11(5-7-12)21-14(22)10-13(18)15(19)23/h4-7,13H,8-10,18H2,1-3H3,(H2,19,23)(H,20,24)(H,21,22)/t13-/m0/s1. The molecule has 9 nitrogen and oxygen atoms in total. The van der Waals surface area contributed by atoms with Crippen LogP contribution in [-0.2, 0) is 14.3 Å². The highest BCUT2D eigenvalue weighted by atomic mass is 16.6. The molecule has 1 rings (SSSR count). The minimum absolute atomic E-state index is 0.191. The van der Waals surface area contributed by atoms with Gasteiger partial charge in [0.2, 0.25) is 11.8 Å². The van der Waals surface area contributed by atoms with E-state index >= 15 is 0 Å². The molecule has 0 radical (unpaired) electrons. The smallest absolute Gasteiger partial charge is 0.407 e. The Labute approximate surface area is 152 Å². The van der Waals surface area contributed by atoms with Crippen LogP contribution >= 0.6 is 0 Å². The first-order valence-corrected chi connectivity index (χ1v) is 8.11. The molecule has 144 valence electrons. The van der Waals surface area contributed by atoms with Crippen LogP contribution in [0.5, 0.6) is 5.75 Å². The highest BCUT2D eigenvalue weighted by Gasteiger charge is 2.16. The summed E-state index contributed by atoms with van der Waals surface area (Å²) in [5.74, 6) is -0.571. The number of rotatable bonds is 8. The van der Waals surface area contributed by atoms with E-state index in [1.165, 1.54) is 0 Å². The number of alkyl carbamates (subject to hydrolysis) is 1. The van der Waals surface area contributed by atoms with Gasteiger partial charge in [0, 0.05) is 5.69 Å². The highest BCUT2D eigenvalue weighted by Crippen LogP contribution is 2.16. The van der Waals surface area contributed by atoms with Gasteiger partial charge in [-0.05, 0) is 45.0 Å². The molecule has 1 atom stereocenters. The topological polar surface area (TPSA) is 146 Å². The lowest BCUT2D eigenvalue weighted by molar-refractivity contribution is -0.123. The van der Waals surface area contributed by atoms with E-state index in [-0.39, 0.29) is 13.0 Å². The van der Waals surface area contributed by atoms with Crippen molar-refractivity contribution in [1.82, 2.24) is 5.32 Å². The molecule has 9 heteroatoms. The van der Waals surface area contributed by atoms with Crippen LogP contribution in [0, 0.1) is 0 Å². The molecule has 0 aliphatic rings. The average Bonchev–Trinajstić information content (AvgIpc) is 2.51. The Bertz CT molecular complexity index is 625. The van der Waals surface area contributed by atoms with Crippen LogP contribution in [0.25, 0.3) is 0 Å². The summed E-state index contributed by atoms with van der Waals surface area (Å²) in [7, 11) is 0. The average molecular weight is 366 g/mol. The lowest BCUT2D eigenvalue weighted by atomic mass is 10.2. The van der Waals surface area contributed by atoms with E-state index in [2.05, 4.69) is 10.6 Å². The van der Waals surface area contributed by atoms with Crippen LogP contribution in [0.3, 0.4) is 0 Å². The molecule has 0 heterocycles. The molecular formula is C17H26N4O5. The predicted octanol–water partition coefficient (Wildman–Crippen LogP) is 0.731. The molecule has 0 spiro atoms. The summed E-state index contributed by atoms with van der Waals surface area (Å²) in [6, 6.07) is 5.60. The van der Waals surface area contributed by atoms with Crippen molar-refractivity contribution < 1.29 is 23.9 Å². The van der Waals surface area contributed by atoms with Gasteiger partial charge >= 0.3 is 6.09 Å². The summed E-state index contributed by atoms with van der Waals surface area (Å²) in [5.41, 5.74) is 10.4. The Morgan fingerprint density at radius 1 is 1.15 bits per heavy atom. The second-order valence-electron chi connectivity index (χ2n) is 6.56. The number of nitrogens with one attached hydrogen (secondary N) is 2. The van der Waals surface area contributed by atoms with E-state index in [0.29, 0.717) is 18.0 Å². The minimum Gasteiger partial charge on any atom is -0.492 e. The Hall–Kier alpha value is -2.81. The number of anilines is 1. The molecule has 26 heavy (non-hydrogen) atoms. The van der Waals surface area contributed by atoms with Crippen LogP contribution in [0.15, 0.2) is 24.3 Å². The van der Waals surface area contributed by atoms with E-state index < -0.39 is 29.6 Å². The maximum absolute atomic E-state index is 11.7. The van der Waals surface area contributed by atoms with Gasteiger partial charge in [0.05, 0.1) is 19.0 Å². The number of hydrogen-bond acceptors (Lipinski definition) is 6. The van der Waals surface area contributed by atoms with Gasteiger partial charge < -0.3 is 31.6 Å². The van der Waals surface area contributed by atoms with Crippen LogP contribution in [0.1, 0.15) is 27.2 Å². The van der Waals surface area contributed by atoms with Crippen molar-refractivity contribution >= 4 is 23.6 Å². The van der Waals surface area contributed by atoms with E-state index in [0.717, 1.165) is 0 Å². The fourth-order valence-electron chi connectivity index (χ4n) is 1.78. The third-order valence-corrected chi connectivity index (χ3v) is 2.95. The van der Waals surface area contributed by atoms with Crippen molar-refractivity contribution in [2.45, 2.75) is 38.8 Å². The normalized spacial score (nSPS) is 12.0. The van der Waals surface area contributed by atoms with Gasteiger partial charge in [-0.3, -0.25) is 9.59 Å². The summed E-state index contributed by atoms with van der Waals surface area (Å²) < 4.78 is 10.6. The fourth-order valence-corrected chi connectivity index (χ4v) is 1.78. The van der Waals surface area contributed by atoms with E-state index in [4.69, 9.17) is 20.9 Å². The monoisotopic (exact) mass is 366 g/mol. The van der Waals surface area contributed by atoms with Crippen molar-refractivity contribution in [3.8, 4) is 5.75 Å². The Balaban J connectivity index is 2.33. The number of carbonyl (C=O) groups is 3. The first-order chi connectivity index (χ1) is 12.1. The molecule has 0 bridgehead atoms. The fraction of sp³-hybridized carbons (Fsp3) is 0.471. The lowest BCUT2D eigenvalue weighted by Crippen LogP contribution is -2.39. The van der Waals surface area contributed by atoms with Crippen LogP contribution in [-0.4, -0.2) is 42.7 Å². The molecule has 0 saturated heterocycles. The number of ether oxygens (including phenoxy) is 2. The predicted molar refractivity (Wildman–Crippen MR) is 96.6 cm³/mol. The van der Waals surface area contributed by atoms with Crippen LogP contribution < -0.4 is 26.8 Å². The number of amides is 3. The van der Waals surface area contributed by atoms with Crippen molar-refractivity contribution in [2.75, 3.05) is 18.5 Å². The van der Waals surface area contributed by atoms with Crippen molar-refractivity contribution in [3.05, 3.63) is 24.3 Å². The Morgan fingerprint density at radius 2 is 1.77 bits per heavy atom. The first-order valence-electron chi connectivity index (χ1n) is 8.11. The Kier molecular flexibility index (Phi) is 7.85. The van der Waals surface area contributed by atoms with Gasteiger partial charge in [0.15, 0.2) is 0 Å². The van der Waals surface area contributed by atoms with Crippen LogP contribution in [0.2, 0.25) is 0 Å². The lowest BCUT2D eigenvalue weighted by Gasteiger charge is -2.19. The van der Waals surface area contributed by atoms with Gasteiger partial charge in [-0.25, -0.2) is 4.79 Å². The zero-order chi connectivity index (χ0) is 19.7. The molecule has 0 saturated carbocycles. The third kappa shape index (κ3) is 8.88. The van der Waals surface area contributed by atoms with Crippen molar-refractivity contribution in [2.24, 2.45) is 11.5 Å². The van der Waals surface area contributed by atoms with Crippen LogP contribution in [0.4, 0.5) is 10.5 Å². The molecule has 0 unspecified atom stereocenters. The molecule has 6 N–H and O–H groups in total. The first kappa shape index (κ1) is 21.2. The summed E-state index contributed by atoms with van der Waals surface area (Å²) in [5, 5.41) is 5.18. The van der Waals surface area contributed by atoms with E-state index in [9.17, 15) is 14.4 Å². The molecular weight excluding hydrogens is 340 g/mol. The summed E-state index contributed by atoms with van der Waals surface area (Å²) in [6.07, 6.45) is -0.697. The van der Waals surface area contributed by atoms with Gasteiger partial charge in [-0.2, -0.15) is 0 Å². The number of hydrogen-bond donors (Lipinski definition) is 4.